The molecule has 0 unspecified atom stereocenters. The van der Waals surface area contributed by atoms with E-state index in [0.29, 0.717) is 11.7 Å². The summed E-state index contributed by atoms with van der Waals surface area (Å²) in [5.41, 5.74) is 2.17. The molecule has 9 atom stereocenters. The molecule has 46 heavy (non-hydrogen) atoms. The van der Waals surface area contributed by atoms with E-state index >= 15 is 0 Å². The van der Waals surface area contributed by atoms with E-state index in [1.54, 1.807) is 6.20 Å². The lowest BCUT2D eigenvalue weighted by Crippen LogP contribution is -2.66. The first-order chi connectivity index (χ1) is 21.6. The fraction of sp³-hybridized carbons (Fsp3) is 0.675. The lowest BCUT2D eigenvalue weighted by atomic mass is 9.33. The van der Waals surface area contributed by atoms with Gasteiger partial charge in [-0.1, -0.05) is 59.2 Å². The van der Waals surface area contributed by atoms with Gasteiger partial charge in [-0.3, -0.25) is 9.59 Å². The number of ketones is 1. The number of hydrogen-bond donors (Lipinski definition) is 1. The minimum atomic E-state index is -0.591. The summed E-state index contributed by atoms with van der Waals surface area (Å²) in [6.07, 6.45) is 13.9. The van der Waals surface area contributed by atoms with Crippen LogP contribution < -0.4 is 0 Å². The van der Waals surface area contributed by atoms with Gasteiger partial charge in [-0.25, -0.2) is 4.68 Å². The molecule has 0 saturated heterocycles. The Hall–Kier alpha value is -2.73. The smallest absolute Gasteiger partial charge is 0.312 e. The lowest BCUT2D eigenvalue weighted by Gasteiger charge is -2.70. The molecule has 1 heterocycles. The number of benzene rings is 1. The Morgan fingerprint density at radius 1 is 0.957 bits per heavy atom. The summed E-state index contributed by atoms with van der Waals surface area (Å²) in [7, 11) is 0. The van der Waals surface area contributed by atoms with Gasteiger partial charge in [0.15, 0.2) is 5.78 Å². The van der Waals surface area contributed by atoms with Gasteiger partial charge in [0.1, 0.15) is 6.61 Å². The Bertz CT molecular complexity index is 1560. The molecule has 0 amide bonds. The molecule has 0 spiro atoms. The molecule has 7 rings (SSSR count). The quantitative estimate of drug-likeness (QED) is 0.346. The number of fused-ring (bicyclic) bond motifs is 7. The van der Waals surface area contributed by atoms with Crippen molar-refractivity contribution in [3.05, 3.63) is 59.9 Å². The van der Waals surface area contributed by atoms with Crippen LogP contribution in [-0.4, -0.2) is 32.7 Å². The minimum Gasteiger partial charge on any atom is -0.460 e. The average molecular weight is 627 g/mol. The van der Waals surface area contributed by atoms with Gasteiger partial charge in [0.05, 0.1) is 17.2 Å². The number of aliphatic hydroxyl groups is 1. The number of nitrogens with zero attached hydrogens (tertiary/aromatic N) is 2. The number of aliphatic hydroxyl groups excluding tert-OH is 1. The van der Waals surface area contributed by atoms with Crippen LogP contribution in [0.5, 0.6) is 0 Å². The normalized spacial score (nSPS) is 43.0. The maximum atomic E-state index is 14.6. The number of rotatable bonds is 4. The molecule has 5 aliphatic rings. The third-order valence-electron chi connectivity index (χ3n) is 15.1. The van der Waals surface area contributed by atoms with Crippen LogP contribution in [0.2, 0.25) is 0 Å². The number of aromatic nitrogens is 2. The zero-order chi connectivity index (χ0) is 32.9. The molecular formula is C40H54N2O4. The van der Waals surface area contributed by atoms with E-state index in [1.807, 2.05) is 41.2 Å². The van der Waals surface area contributed by atoms with Crippen molar-refractivity contribution in [2.24, 2.45) is 50.2 Å². The molecule has 0 bridgehead atoms. The van der Waals surface area contributed by atoms with Crippen LogP contribution in [-0.2, 0) is 20.9 Å². The highest BCUT2D eigenvalue weighted by atomic mass is 16.5. The second-order valence-corrected chi connectivity index (χ2v) is 17.8. The Kier molecular flexibility index (Phi) is 7.19. The predicted octanol–water partition coefficient (Wildman–Crippen LogP) is 8.26. The zero-order valence-corrected chi connectivity index (χ0v) is 29.1. The van der Waals surface area contributed by atoms with Crippen LogP contribution in [0.4, 0.5) is 0 Å². The van der Waals surface area contributed by atoms with Crippen LogP contribution in [0.1, 0.15) is 112 Å². The number of esters is 1. The van der Waals surface area contributed by atoms with E-state index in [4.69, 9.17) is 4.74 Å². The number of ether oxygens (including phenoxy) is 1. The summed E-state index contributed by atoms with van der Waals surface area (Å²) in [4.78, 5) is 28.4. The standard InChI is InChI=1S/C40H54N2O4/c1-35(2)31-13-16-40(7)33(38(31,5)15-14-32(35)44)30(43)23-28-29-24-37(4,18-17-36(29,3)19-20-39(28,40)6)34(45)46-25-26-9-11-27(12-10-26)42-22-8-21-41-42/h8-12,21-23,29,31-33,44H,13-20,24-25H2,1-7H3/t29-,31-,32-,33+,36+,37-,38-,39+,40+/m0/s1. The molecule has 0 aliphatic heterocycles. The molecule has 2 aromatic rings. The maximum Gasteiger partial charge on any atom is 0.312 e. The summed E-state index contributed by atoms with van der Waals surface area (Å²) in [6.45, 7) is 16.5. The lowest BCUT2D eigenvalue weighted by molar-refractivity contribution is -0.202. The maximum absolute atomic E-state index is 14.6. The van der Waals surface area contributed by atoms with E-state index in [2.05, 4.69) is 59.6 Å². The topological polar surface area (TPSA) is 81.4 Å². The predicted molar refractivity (Wildman–Crippen MR) is 179 cm³/mol. The molecule has 5 aliphatic carbocycles. The van der Waals surface area contributed by atoms with Crippen molar-refractivity contribution in [1.82, 2.24) is 9.78 Å². The Labute approximate surface area is 275 Å². The van der Waals surface area contributed by atoms with Crippen LogP contribution in [0, 0.1) is 50.2 Å². The molecule has 1 N–H and O–H groups in total. The highest BCUT2D eigenvalue weighted by molar-refractivity contribution is 5.95. The fourth-order valence-electron chi connectivity index (χ4n) is 11.8. The van der Waals surface area contributed by atoms with E-state index in [-0.39, 0.29) is 57.6 Å². The van der Waals surface area contributed by atoms with Crippen LogP contribution in [0.25, 0.3) is 5.69 Å². The largest absolute Gasteiger partial charge is 0.460 e. The molecule has 1 aromatic heterocycles. The molecule has 1 aromatic carbocycles. The van der Waals surface area contributed by atoms with Gasteiger partial charge in [-0.05, 0) is 133 Å². The second-order valence-electron chi connectivity index (χ2n) is 17.8. The third kappa shape index (κ3) is 4.40. The first kappa shape index (κ1) is 31.8. The number of carbonyl (C=O) groups excluding carboxylic acids is 2. The Balaban J connectivity index is 1.15. The first-order valence-electron chi connectivity index (χ1n) is 17.8. The van der Waals surface area contributed by atoms with E-state index in [9.17, 15) is 14.7 Å². The van der Waals surface area contributed by atoms with Crippen molar-refractivity contribution in [2.45, 2.75) is 119 Å². The van der Waals surface area contributed by atoms with E-state index in [1.165, 1.54) is 5.57 Å². The summed E-state index contributed by atoms with van der Waals surface area (Å²) in [5, 5.41) is 15.3. The van der Waals surface area contributed by atoms with E-state index < -0.39 is 5.41 Å². The molecule has 0 radical (unpaired) electrons. The molecular weight excluding hydrogens is 572 g/mol. The Morgan fingerprint density at radius 2 is 1.67 bits per heavy atom. The molecule has 6 nitrogen and oxygen atoms in total. The Morgan fingerprint density at radius 3 is 2.37 bits per heavy atom. The minimum absolute atomic E-state index is 0.0387. The van der Waals surface area contributed by atoms with Crippen molar-refractivity contribution < 1.29 is 19.4 Å². The second kappa shape index (κ2) is 10.4. The molecule has 4 saturated carbocycles. The van der Waals surface area contributed by atoms with Gasteiger partial charge < -0.3 is 9.84 Å². The third-order valence-corrected chi connectivity index (χ3v) is 15.1. The summed E-state index contributed by atoms with van der Waals surface area (Å²) in [6, 6.07) is 9.88. The molecule has 4 fully saturated rings. The molecule has 248 valence electrons. The monoisotopic (exact) mass is 626 g/mol. The first-order valence-corrected chi connectivity index (χ1v) is 17.8. The highest BCUT2D eigenvalue weighted by Gasteiger charge is 2.70. The van der Waals surface area contributed by atoms with Crippen molar-refractivity contribution in [3.8, 4) is 5.69 Å². The fourth-order valence-corrected chi connectivity index (χ4v) is 11.8. The SMILES string of the molecule is CC1(C)[C@@H](O)CC[C@]2(C)[C@H]3C(=O)C=C4[C@@H]5C[C@@](C)(C(=O)OCc6ccc(-n7cccn7)cc6)CC[C@]5(C)CC[C@@]4(C)[C@]3(C)CC[C@@H]12. The van der Waals surface area contributed by atoms with E-state index in [0.717, 1.165) is 69.0 Å². The summed E-state index contributed by atoms with van der Waals surface area (Å²) >= 11 is 0. The van der Waals surface area contributed by atoms with Gasteiger partial charge in [0.2, 0.25) is 0 Å². The van der Waals surface area contributed by atoms with Crippen LogP contribution in [0.15, 0.2) is 54.4 Å². The van der Waals surface area contributed by atoms with Gasteiger partial charge in [0, 0.05) is 18.3 Å². The number of hydrogen-bond acceptors (Lipinski definition) is 5. The van der Waals surface area contributed by atoms with Crippen molar-refractivity contribution in [1.29, 1.82) is 0 Å². The van der Waals surface area contributed by atoms with Crippen LogP contribution in [0.3, 0.4) is 0 Å². The summed E-state index contributed by atoms with van der Waals surface area (Å²) < 4.78 is 7.85. The van der Waals surface area contributed by atoms with Crippen LogP contribution >= 0.6 is 0 Å². The zero-order valence-electron chi connectivity index (χ0n) is 29.1. The number of allylic oxidation sites excluding steroid dienone is 2. The van der Waals surface area contributed by atoms with Crippen molar-refractivity contribution in [3.63, 3.8) is 0 Å². The molecule has 6 heteroatoms. The average Bonchev–Trinajstić information content (AvgIpc) is 3.55. The number of carbonyl (C=O) groups is 2. The van der Waals surface area contributed by atoms with Gasteiger partial charge in [-0.15, -0.1) is 0 Å². The van der Waals surface area contributed by atoms with Crippen molar-refractivity contribution >= 4 is 11.8 Å². The summed E-state index contributed by atoms with van der Waals surface area (Å²) in [5.74, 6) is 0.645. The van der Waals surface area contributed by atoms with Crippen molar-refractivity contribution in [2.75, 3.05) is 0 Å². The van der Waals surface area contributed by atoms with Gasteiger partial charge in [-0.2, -0.15) is 5.10 Å². The van der Waals surface area contributed by atoms with Gasteiger partial charge in [0.25, 0.3) is 0 Å². The van der Waals surface area contributed by atoms with Gasteiger partial charge >= 0.3 is 5.97 Å². The highest BCUT2D eigenvalue weighted by Crippen LogP contribution is 2.75.